The normalized spacial score (nSPS) is 21.1. The van der Waals surface area contributed by atoms with Gasteiger partial charge in [-0.15, -0.1) is 0 Å². The second-order valence-electron chi connectivity index (χ2n) is 19.7. The number of imidazole rings is 1. The van der Waals surface area contributed by atoms with Crippen molar-refractivity contribution in [3.63, 3.8) is 0 Å². The number of carbonyl (C=O) groups is 1. The van der Waals surface area contributed by atoms with Crippen LogP contribution in [0.3, 0.4) is 0 Å². The molecule has 5 heterocycles. The maximum atomic E-state index is 14.8. The van der Waals surface area contributed by atoms with Gasteiger partial charge in [0.25, 0.3) is 0 Å². The first kappa shape index (κ1) is 51.6. The minimum Gasteiger partial charge on any atom is -0.497 e. The Bertz CT molecular complexity index is 3300. The van der Waals surface area contributed by atoms with Crippen LogP contribution < -0.4 is 25.6 Å². The SMILES string of the molecule is COc1ccc(C(Nc2ncnc3c2[nH]c(=O)n3[C@@H]2O[C@H](COP(=O)(NC(=O)[C@@H]3CCCN3C(c3ccccc3)(c3ccccc3)c3ccccc3)OC)[C@H]3OC(C)(C)O[C@H]32)(c2ccccc2)c2ccc(OC)cc2)cc1. The lowest BCUT2D eigenvalue weighted by Gasteiger charge is -2.46. The second kappa shape index (κ2) is 21.2. The van der Waals surface area contributed by atoms with E-state index in [-0.39, 0.29) is 12.3 Å². The molecule has 0 aliphatic carbocycles. The van der Waals surface area contributed by atoms with Gasteiger partial charge in [-0.25, -0.2) is 23.9 Å². The molecule has 17 nitrogen and oxygen atoms in total. The quantitative estimate of drug-likeness (QED) is 0.0545. The van der Waals surface area contributed by atoms with Crippen molar-refractivity contribution in [2.45, 2.75) is 74.1 Å². The van der Waals surface area contributed by atoms with Crippen molar-refractivity contribution in [2.24, 2.45) is 0 Å². The fraction of sp³-hybridized carbons (Fsp3) is 0.288. The maximum Gasteiger partial charge on any atom is 0.434 e. The molecule has 3 aliphatic rings. The Morgan fingerprint density at radius 1 is 0.714 bits per heavy atom. The monoisotopic (exact) mass is 1060 g/mol. The number of nitrogens with zero attached hydrogens (tertiary/aromatic N) is 4. The van der Waals surface area contributed by atoms with Crippen LogP contribution in [-0.4, -0.2) is 94.9 Å². The van der Waals surface area contributed by atoms with Crippen molar-refractivity contribution in [1.82, 2.24) is 29.5 Å². The summed E-state index contributed by atoms with van der Waals surface area (Å²) in [5, 5.41) is 6.45. The van der Waals surface area contributed by atoms with Crippen LogP contribution in [0, 0.1) is 0 Å². The Morgan fingerprint density at radius 2 is 1.22 bits per heavy atom. The number of ether oxygens (including phenoxy) is 5. The number of methoxy groups -OCH3 is 2. The van der Waals surface area contributed by atoms with E-state index >= 15 is 0 Å². The summed E-state index contributed by atoms with van der Waals surface area (Å²) < 4.78 is 58.5. The highest BCUT2D eigenvalue weighted by molar-refractivity contribution is 7.52. The second-order valence-corrected chi connectivity index (χ2v) is 21.5. The van der Waals surface area contributed by atoms with Gasteiger partial charge >= 0.3 is 13.4 Å². The van der Waals surface area contributed by atoms with Crippen LogP contribution in [0.4, 0.5) is 5.82 Å². The molecule has 2 aromatic heterocycles. The molecule has 0 radical (unpaired) electrons. The van der Waals surface area contributed by atoms with E-state index in [4.69, 9.17) is 37.7 Å². The molecule has 0 spiro atoms. The predicted molar refractivity (Wildman–Crippen MR) is 289 cm³/mol. The topological polar surface area (TPSA) is 190 Å². The average molecular weight is 1060 g/mol. The molecule has 0 saturated carbocycles. The van der Waals surface area contributed by atoms with Gasteiger partial charge in [0.15, 0.2) is 23.5 Å². The molecule has 11 rings (SSSR count). The third-order valence-corrected chi connectivity index (χ3v) is 16.4. The number of amides is 1. The minimum absolute atomic E-state index is 0.214. The zero-order valence-corrected chi connectivity index (χ0v) is 44.2. The molecule has 6 atom stereocenters. The predicted octanol–water partition coefficient (Wildman–Crippen LogP) is 9.30. The third-order valence-electron chi connectivity index (χ3n) is 14.9. The van der Waals surface area contributed by atoms with E-state index < -0.39 is 66.8 Å². The van der Waals surface area contributed by atoms with Crippen LogP contribution in [0.1, 0.15) is 66.3 Å². The fourth-order valence-corrected chi connectivity index (χ4v) is 12.5. The number of benzene rings is 6. The van der Waals surface area contributed by atoms with Crippen molar-refractivity contribution >= 4 is 30.6 Å². The smallest absolute Gasteiger partial charge is 0.434 e. The molecule has 8 aromatic rings. The summed E-state index contributed by atoms with van der Waals surface area (Å²) in [5.41, 5.74) is 3.44. The molecule has 3 saturated heterocycles. The van der Waals surface area contributed by atoms with Gasteiger partial charge in [-0.2, -0.15) is 0 Å². The van der Waals surface area contributed by atoms with Crippen molar-refractivity contribution in [1.29, 1.82) is 0 Å². The van der Waals surface area contributed by atoms with Crippen molar-refractivity contribution in [2.75, 3.05) is 39.8 Å². The van der Waals surface area contributed by atoms with Crippen LogP contribution in [0.15, 0.2) is 181 Å². The van der Waals surface area contributed by atoms with Gasteiger partial charge in [0.1, 0.15) is 47.2 Å². The van der Waals surface area contributed by atoms with Crippen molar-refractivity contribution in [3.05, 3.63) is 220 Å². The zero-order valence-electron chi connectivity index (χ0n) is 43.3. The van der Waals surface area contributed by atoms with E-state index in [0.717, 1.165) is 33.4 Å². The van der Waals surface area contributed by atoms with Gasteiger partial charge in [0, 0.05) is 13.7 Å². The minimum atomic E-state index is -4.39. The number of rotatable bonds is 18. The molecule has 6 aromatic carbocycles. The molecule has 3 N–H and O–H groups in total. The molecule has 0 bridgehead atoms. The van der Waals surface area contributed by atoms with Crippen molar-refractivity contribution in [3.8, 4) is 11.5 Å². The van der Waals surface area contributed by atoms with Crippen LogP contribution in [0.2, 0.25) is 0 Å². The van der Waals surface area contributed by atoms with Crippen molar-refractivity contribution < 1.29 is 42.1 Å². The standard InChI is InChI=1S/C59H60N7O10P/c1-57(2)75-50-48(37-73-77(69,72-5)64-54(67)47-27-18-36-65(47)59(42-21-12-7-13-22-42,43-23-14-8-15-24-43)44-25-16-9-17-26-44)74-55(51(50)76-57)66-53-49(62-56(66)68)52(60-38-61-53)63-58(39-19-10-6-11-20-39,40-28-32-45(70-3)33-29-40)41-30-34-46(71-4)35-31-41/h6-17,19-26,28-35,38,47-48,50-51,55H,18,27,36-37H2,1-5H3,(H,62,68)(H,60,61,63)(H,64,67,69)/t47-,48+,50+,51+,55+,77?/m0/s1. The van der Waals surface area contributed by atoms with Gasteiger partial charge in [-0.05, 0) is 84.3 Å². The highest BCUT2D eigenvalue weighted by atomic mass is 31.2. The zero-order chi connectivity index (χ0) is 53.4. The number of hydrogen-bond acceptors (Lipinski definition) is 14. The highest BCUT2D eigenvalue weighted by Gasteiger charge is 2.57. The largest absolute Gasteiger partial charge is 0.497 e. The maximum absolute atomic E-state index is 14.8. The first-order valence-electron chi connectivity index (χ1n) is 25.6. The number of H-pyrrole nitrogens is 1. The molecule has 3 fully saturated rings. The van der Waals surface area contributed by atoms with Gasteiger partial charge in [-0.3, -0.25) is 23.8 Å². The first-order valence-corrected chi connectivity index (χ1v) is 27.1. The van der Waals surface area contributed by atoms with Gasteiger partial charge in [0.05, 0.1) is 32.4 Å². The number of anilines is 1. The fourth-order valence-electron chi connectivity index (χ4n) is 11.5. The Labute approximate surface area is 446 Å². The lowest BCUT2D eigenvalue weighted by atomic mass is 9.75. The van der Waals surface area contributed by atoms with E-state index in [9.17, 15) is 14.2 Å². The number of fused-ring (bicyclic) bond motifs is 2. The van der Waals surface area contributed by atoms with E-state index in [1.807, 2.05) is 133 Å². The van der Waals surface area contributed by atoms with Crippen LogP contribution >= 0.6 is 7.75 Å². The van der Waals surface area contributed by atoms with E-state index in [2.05, 4.69) is 61.7 Å². The van der Waals surface area contributed by atoms with Gasteiger partial charge in [-0.1, -0.05) is 146 Å². The Morgan fingerprint density at radius 3 is 1.74 bits per heavy atom. The molecule has 1 unspecified atom stereocenters. The molecule has 3 aliphatic heterocycles. The first-order chi connectivity index (χ1) is 37.4. The Kier molecular flexibility index (Phi) is 14.2. The average Bonchev–Trinajstić information content (AvgIpc) is 4.26. The van der Waals surface area contributed by atoms with Gasteiger partial charge < -0.3 is 34.0 Å². The molecule has 18 heteroatoms. The lowest BCUT2D eigenvalue weighted by molar-refractivity contribution is -0.199. The van der Waals surface area contributed by atoms with E-state index in [1.54, 1.807) is 28.1 Å². The number of carbonyl (C=O) groups excluding carboxylic acids is 1. The van der Waals surface area contributed by atoms with Crippen LogP contribution in [0.25, 0.3) is 11.2 Å². The summed E-state index contributed by atoms with van der Waals surface area (Å²) >= 11 is 0. The summed E-state index contributed by atoms with van der Waals surface area (Å²) in [4.78, 5) is 43.9. The lowest BCUT2D eigenvalue weighted by Crippen LogP contribution is -2.54. The molecule has 1 amide bonds. The summed E-state index contributed by atoms with van der Waals surface area (Å²) in [5.74, 6) is 0.0256. The van der Waals surface area contributed by atoms with E-state index in [0.29, 0.717) is 42.2 Å². The van der Waals surface area contributed by atoms with E-state index in [1.165, 1.54) is 18.0 Å². The number of nitrogens with one attached hydrogen (secondary N) is 3. The summed E-state index contributed by atoms with van der Waals surface area (Å²) in [6.07, 6.45) is -1.21. The van der Waals surface area contributed by atoms with Crippen LogP contribution in [0.5, 0.6) is 11.5 Å². The molecular formula is C59H60N7O10P. The summed E-state index contributed by atoms with van der Waals surface area (Å²) in [7, 11) is 0.0732. The highest BCUT2D eigenvalue weighted by Crippen LogP contribution is 2.50. The number of likely N-dealkylation sites (tertiary alicyclic amines) is 1. The van der Waals surface area contributed by atoms with Crippen LogP contribution in [-0.2, 0) is 43.7 Å². The summed E-state index contributed by atoms with van der Waals surface area (Å²) in [6.45, 7) is 3.72. The number of aromatic nitrogens is 4. The number of hydrogen-bond donors (Lipinski definition) is 3. The molecule has 77 heavy (non-hydrogen) atoms. The molecular weight excluding hydrogens is 998 g/mol. The third kappa shape index (κ3) is 9.41. The number of aromatic amines is 1. The summed E-state index contributed by atoms with van der Waals surface area (Å²) in [6, 6.07) is 55.0. The van der Waals surface area contributed by atoms with Gasteiger partial charge in [0.2, 0.25) is 5.91 Å². The Hall–Kier alpha value is -7.47. The molecule has 396 valence electrons. The Balaban J connectivity index is 0.895.